The summed E-state index contributed by atoms with van der Waals surface area (Å²) in [5, 5.41) is 5.86. The van der Waals surface area contributed by atoms with Crippen molar-refractivity contribution in [3.63, 3.8) is 0 Å². The van der Waals surface area contributed by atoms with E-state index in [0.717, 1.165) is 5.56 Å². The van der Waals surface area contributed by atoms with Crippen molar-refractivity contribution in [2.45, 2.75) is 25.4 Å². The second-order valence-electron chi connectivity index (χ2n) is 6.56. The van der Waals surface area contributed by atoms with Crippen molar-refractivity contribution < 1.29 is 14.0 Å². The molecule has 1 aromatic heterocycles. The van der Waals surface area contributed by atoms with Gasteiger partial charge in [0.1, 0.15) is 0 Å². The number of nitrogens with one attached hydrogen (secondary N) is 2. The van der Waals surface area contributed by atoms with Crippen LogP contribution in [0, 0.1) is 0 Å². The fraction of sp³-hybridized carbons (Fsp3) is 0.333. The third kappa shape index (κ3) is 5.08. The highest BCUT2D eigenvalue weighted by Crippen LogP contribution is 2.19. The number of carbonyl (C=O) groups excluding carboxylic acids is 2. The summed E-state index contributed by atoms with van der Waals surface area (Å²) in [6.45, 7) is 3.76. The van der Waals surface area contributed by atoms with E-state index in [-0.39, 0.29) is 29.7 Å². The van der Waals surface area contributed by atoms with E-state index in [1.165, 1.54) is 6.26 Å². The van der Waals surface area contributed by atoms with Crippen LogP contribution in [0.15, 0.2) is 59.2 Å². The second-order valence-corrected chi connectivity index (χ2v) is 6.56. The Morgan fingerprint density at radius 1 is 1.22 bits per heavy atom. The summed E-state index contributed by atoms with van der Waals surface area (Å²) in [4.78, 5) is 26.8. The zero-order valence-electron chi connectivity index (χ0n) is 15.4. The van der Waals surface area contributed by atoms with Crippen molar-refractivity contribution >= 4 is 17.9 Å². The maximum absolute atomic E-state index is 12.4. The van der Waals surface area contributed by atoms with Gasteiger partial charge >= 0.3 is 0 Å². The first-order valence-corrected chi connectivity index (χ1v) is 9.25. The smallest absolute Gasteiger partial charge is 0.287 e. The van der Waals surface area contributed by atoms with E-state index in [1.54, 1.807) is 12.1 Å². The highest BCUT2D eigenvalue weighted by molar-refractivity contribution is 5.91. The van der Waals surface area contributed by atoms with Gasteiger partial charge in [0.05, 0.1) is 12.3 Å². The van der Waals surface area contributed by atoms with Crippen molar-refractivity contribution in [1.29, 1.82) is 0 Å². The topological polar surface area (TPSA) is 74.6 Å². The summed E-state index contributed by atoms with van der Waals surface area (Å²) in [7, 11) is 0. The molecule has 0 radical (unpaired) electrons. The zero-order chi connectivity index (χ0) is 19.1. The Balaban J connectivity index is 1.63. The predicted octanol–water partition coefficient (Wildman–Crippen LogP) is 2.30. The van der Waals surface area contributed by atoms with Crippen LogP contribution < -0.4 is 10.6 Å². The summed E-state index contributed by atoms with van der Waals surface area (Å²) in [6.07, 6.45) is 6.15. The summed E-state index contributed by atoms with van der Waals surface area (Å²) < 4.78 is 5.14. The van der Waals surface area contributed by atoms with Gasteiger partial charge in [-0.1, -0.05) is 42.5 Å². The Bertz CT molecular complexity index is 771. The van der Waals surface area contributed by atoms with Crippen LogP contribution in [0.5, 0.6) is 0 Å². The summed E-state index contributed by atoms with van der Waals surface area (Å²) in [5.41, 5.74) is 1.12. The number of hydrogen-bond donors (Lipinski definition) is 2. The molecule has 1 aliphatic heterocycles. The number of hydrogen-bond acceptors (Lipinski definition) is 4. The molecule has 2 heterocycles. The van der Waals surface area contributed by atoms with Gasteiger partial charge < -0.3 is 15.1 Å². The average molecular weight is 367 g/mol. The Kier molecular flexibility index (Phi) is 6.44. The van der Waals surface area contributed by atoms with Gasteiger partial charge in [-0.2, -0.15) is 0 Å². The maximum Gasteiger partial charge on any atom is 0.287 e. The SMILES string of the molecule is CCNC(=O)[C@@H]1C[C@@H](NC(=O)c2ccco2)CN1C/C=C/c1ccccc1. The average Bonchev–Trinajstić information content (AvgIpc) is 3.33. The maximum atomic E-state index is 12.4. The second kappa shape index (κ2) is 9.19. The predicted molar refractivity (Wildman–Crippen MR) is 104 cm³/mol. The van der Waals surface area contributed by atoms with Gasteiger partial charge in [-0.15, -0.1) is 0 Å². The lowest BCUT2D eigenvalue weighted by molar-refractivity contribution is -0.125. The molecule has 1 saturated heterocycles. The fourth-order valence-electron chi connectivity index (χ4n) is 3.33. The summed E-state index contributed by atoms with van der Waals surface area (Å²) in [5.74, 6) is 0.0358. The lowest BCUT2D eigenvalue weighted by Gasteiger charge is -2.21. The molecule has 142 valence electrons. The molecule has 0 saturated carbocycles. The highest BCUT2D eigenvalue weighted by atomic mass is 16.3. The van der Waals surface area contributed by atoms with Gasteiger partial charge in [0.15, 0.2) is 5.76 Å². The number of amides is 2. The van der Waals surface area contributed by atoms with Crippen LogP contribution in [0.4, 0.5) is 0 Å². The van der Waals surface area contributed by atoms with E-state index < -0.39 is 0 Å². The zero-order valence-corrected chi connectivity index (χ0v) is 15.4. The molecule has 2 atom stereocenters. The number of benzene rings is 1. The van der Waals surface area contributed by atoms with Gasteiger partial charge in [0, 0.05) is 25.7 Å². The molecule has 1 fully saturated rings. The Labute approximate surface area is 159 Å². The van der Waals surface area contributed by atoms with Crippen LogP contribution in [0.25, 0.3) is 6.08 Å². The van der Waals surface area contributed by atoms with Crippen molar-refractivity contribution in [1.82, 2.24) is 15.5 Å². The lowest BCUT2D eigenvalue weighted by atomic mass is 10.1. The number of carbonyl (C=O) groups is 2. The molecule has 27 heavy (non-hydrogen) atoms. The first-order chi connectivity index (χ1) is 13.2. The number of rotatable bonds is 7. The molecule has 6 nitrogen and oxygen atoms in total. The molecular formula is C21H25N3O3. The van der Waals surface area contributed by atoms with E-state index in [2.05, 4.69) is 21.6 Å². The first kappa shape index (κ1) is 18.9. The van der Waals surface area contributed by atoms with E-state index in [0.29, 0.717) is 26.1 Å². The van der Waals surface area contributed by atoms with Gasteiger partial charge in [0.2, 0.25) is 5.91 Å². The van der Waals surface area contributed by atoms with Gasteiger partial charge in [-0.25, -0.2) is 0 Å². The highest BCUT2D eigenvalue weighted by Gasteiger charge is 2.36. The molecule has 2 amide bonds. The van der Waals surface area contributed by atoms with Gasteiger partial charge in [-0.05, 0) is 31.0 Å². The number of likely N-dealkylation sites (N-methyl/N-ethyl adjacent to an activating group) is 1. The van der Waals surface area contributed by atoms with Gasteiger partial charge in [0.25, 0.3) is 5.91 Å². The largest absolute Gasteiger partial charge is 0.459 e. The van der Waals surface area contributed by atoms with Crippen molar-refractivity contribution in [3.8, 4) is 0 Å². The van der Waals surface area contributed by atoms with Crippen LogP contribution in [-0.4, -0.2) is 48.4 Å². The molecule has 1 aromatic carbocycles. The first-order valence-electron chi connectivity index (χ1n) is 9.25. The van der Waals surface area contributed by atoms with Crippen molar-refractivity contribution in [3.05, 3.63) is 66.1 Å². The van der Waals surface area contributed by atoms with Crippen LogP contribution >= 0.6 is 0 Å². The third-order valence-corrected chi connectivity index (χ3v) is 4.59. The summed E-state index contributed by atoms with van der Waals surface area (Å²) in [6, 6.07) is 13.0. The number of nitrogens with zero attached hydrogens (tertiary/aromatic N) is 1. The van der Waals surface area contributed by atoms with E-state index in [9.17, 15) is 9.59 Å². The molecule has 2 N–H and O–H groups in total. The minimum Gasteiger partial charge on any atom is -0.459 e. The Morgan fingerprint density at radius 3 is 2.74 bits per heavy atom. The molecule has 3 rings (SSSR count). The number of likely N-dealkylation sites (tertiary alicyclic amines) is 1. The molecule has 0 bridgehead atoms. The van der Waals surface area contributed by atoms with E-state index in [4.69, 9.17) is 4.42 Å². The molecule has 2 aromatic rings. The minimum absolute atomic E-state index is 0.000332. The fourth-order valence-corrected chi connectivity index (χ4v) is 3.33. The normalized spacial score (nSPS) is 20.0. The monoisotopic (exact) mass is 367 g/mol. The van der Waals surface area contributed by atoms with E-state index >= 15 is 0 Å². The standard InChI is InChI=1S/C21H25N3O3/c1-2-22-20(25)18-14-17(23-21(26)19-11-7-13-27-19)15-24(18)12-6-10-16-8-4-3-5-9-16/h3-11,13,17-18H,2,12,14-15H2,1H3,(H,22,25)(H,23,26)/b10-6+/t17-,18+/m1/s1. The Morgan fingerprint density at radius 2 is 2.04 bits per heavy atom. The molecule has 0 aliphatic carbocycles. The van der Waals surface area contributed by atoms with Crippen LogP contribution in [0.2, 0.25) is 0 Å². The molecule has 1 aliphatic rings. The van der Waals surface area contributed by atoms with Crippen LogP contribution in [0.3, 0.4) is 0 Å². The summed E-state index contributed by atoms with van der Waals surface area (Å²) >= 11 is 0. The quantitative estimate of drug-likeness (QED) is 0.787. The van der Waals surface area contributed by atoms with Crippen molar-refractivity contribution in [2.75, 3.05) is 19.6 Å². The van der Waals surface area contributed by atoms with Crippen LogP contribution in [-0.2, 0) is 4.79 Å². The molecular weight excluding hydrogens is 342 g/mol. The lowest BCUT2D eigenvalue weighted by Crippen LogP contribution is -2.43. The molecule has 0 unspecified atom stereocenters. The van der Waals surface area contributed by atoms with Crippen molar-refractivity contribution in [2.24, 2.45) is 0 Å². The Hall–Kier alpha value is -2.86. The number of furan rings is 1. The molecule has 0 spiro atoms. The molecule has 6 heteroatoms. The van der Waals surface area contributed by atoms with E-state index in [1.807, 2.05) is 43.3 Å². The van der Waals surface area contributed by atoms with Crippen LogP contribution in [0.1, 0.15) is 29.5 Å². The van der Waals surface area contributed by atoms with Gasteiger partial charge in [-0.3, -0.25) is 14.5 Å². The third-order valence-electron chi connectivity index (χ3n) is 4.59. The minimum atomic E-state index is -0.257.